The van der Waals surface area contributed by atoms with Gasteiger partial charge in [-0.15, -0.1) is 11.3 Å². The van der Waals surface area contributed by atoms with Crippen LogP contribution in [0.3, 0.4) is 0 Å². The van der Waals surface area contributed by atoms with Gasteiger partial charge < -0.3 is 9.80 Å². The molecule has 0 spiro atoms. The normalized spacial score (nSPS) is 19.2. The fraction of sp³-hybridized carbons (Fsp3) is 0.418. The summed E-state index contributed by atoms with van der Waals surface area (Å²) in [7, 11) is 0. The maximum atomic E-state index is 2.69. The average molecular weight is 795 g/mol. The third kappa shape index (κ3) is 5.71. The lowest BCUT2D eigenvalue weighted by Crippen LogP contribution is -2.61. The summed E-state index contributed by atoms with van der Waals surface area (Å²) in [5.74, 6) is 0. The van der Waals surface area contributed by atoms with Gasteiger partial charge in [-0.2, -0.15) is 0 Å². The molecule has 3 heterocycles. The van der Waals surface area contributed by atoms with Crippen molar-refractivity contribution in [3.8, 4) is 0 Å². The lowest BCUT2D eigenvalue weighted by atomic mass is 9.35. The molecule has 59 heavy (non-hydrogen) atoms. The molecule has 0 unspecified atom stereocenters. The minimum absolute atomic E-state index is 0.0727. The number of rotatable bonds is 2. The number of anilines is 6. The van der Waals surface area contributed by atoms with Gasteiger partial charge in [0.15, 0.2) is 0 Å². The number of nitrogens with zero attached hydrogens (tertiary/aromatic N) is 2. The first-order valence-electron chi connectivity index (χ1n) is 22.3. The van der Waals surface area contributed by atoms with Gasteiger partial charge in [-0.1, -0.05) is 112 Å². The molecule has 0 radical (unpaired) electrons. The predicted octanol–water partition coefficient (Wildman–Crippen LogP) is 13.9. The Labute approximate surface area is 359 Å². The molecular weight excluding hydrogens is 731 g/mol. The van der Waals surface area contributed by atoms with Gasteiger partial charge >= 0.3 is 0 Å². The number of thiophene rings is 1. The number of fused-ring (bicyclic) bond motifs is 8. The van der Waals surface area contributed by atoms with E-state index < -0.39 is 0 Å². The molecule has 0 saturated carbocycles. The van der Waals surface area contributed by atoms with Crippen LogP contribution in [-0.4, -0.2) is 6.71 Å². The fourth-order valence-corrected chi connectivity index (χ4v) is 12.8. The molecule has 0 amide bonds. The van der Waals surface area contributed by atoms with Gasteiger partial charge in [0.05, 0.1) is 5.69 Å². The van der Waals surface area contributed by atoms with Crippen molar-refractivity contribution in [2.24, 2.45) is 0 Å². The van der Waals surface area contributed by atoms with Crippen molar-refractivity contribution in [3.05, 3.63) is 123 Å². The third-order valence-electron chi connectivity index (χ3n) is 15.3. The Hall–Kier alpha value is -4.28. The van der Waals surface area contributed by atoms with Crippen molar-refractivity contribution in [2.75, 3.05) is 9.80 Å². The summed E-state index contributed by atoms with van der Waals surface area (Å²) >= 11 is 2.06. The zero-order valence-corrected chi connectivity index (χ0v) is 39.0. The summed E-state index contributed by atoms with van der Waals surface area (Å²) in [6.07, 6.45) is 4.81. The average Bonchev–Trinajstić information content (AvgIpc) is 3.53. The van der Waals surface area contributed by atoms with Crippen molar-refractivity contribution in [1.29, 1.82) is 0 Å². The Kier molecular flexibility index (Phi) is 8.18. The molecule has 2 nitrogen and oxygen atoms in total. The zero-order chi connectivity index (χ0) is 41.9. The highest BCUT2D eigenvalue weighted by molar-refractivity contribution is 7.33. The van der Waals surface area contributed by atoms with Crippen LogP contribution in [0.2, 0.25) is 0 Å². The second kappa shape index (κ2) is 12.4. The zero-order valence-electron chi connectivity index (χ0n) is 38.2. The molecule has 2 aliphatic carbocycles. The van der Waals surface area contributed by atoms with Crippen LogP contribution in [0.25, 0.3) is 10.1 Å². The van der Waals surface area contributed by atoms with Gasteiger partial charge in [0, 0.05) is 43.3 Å². The summed E-state index contributed by atoms with van der Waals surface area (Å²) in [4.78, 5) is 5.33. The largest absolute Gasteiger partial charge is 0.311 e. The van der Waals surface area contributed by atoms with E-state index in [4.69, 9.17) is 0 Å². The SMILES string of the molecule is Cc1ccc(N2c3cc4c(cc3B3c5sc6cc7c(cc6c5N(c5ccc(C(C)(C)C)cc5)c5cc(C)cc2c53)C(C)(C)CCC7(C)C)C(C)(C)CCC4(C)C)c(C)c1. The quantitative estimate of drug-likeness (QED) is 0.161. The van der Waals surface area contributed by atoms with Crippen molar-refractivity contribution in [3.63, 3.8) is 0 Å². The highest BCUT2D eigenvalue weighted by Crippen LogP contribution is 2.54. The number of hydrogen-bond acceptors (Lipinski definition) is 3. The van der Waals surface area contributed by atoms with E-state index in [1.54, 1.807) is 0 Å². The summed E-state index contributed by atoms with van der Waals surface area (Å²) < 4.78 is 2.89. The first-order chi connectivity index (χ1) is 27.6. The lowest BCUT2D eigenvalue weighted by Gasteiger charge is -2.47. The van der Waals surface area contributed by atoms with Gasteiger partial charge in [-0.05, 0) is 172 Å². The number of hydrogen-bond donors (Lipinski definition) is 0. The van der Waals surface area contributed by atoms with Crippen LogP contribution >= 0.6 is 11.3 Å². The highest BCUT2D eigenvalue weighted by atomic mass is 32.1. The van der Waals surface area contributed by atoms with E-state index in [2.05, 4.69) is 197 Å². The first kappa shape index (κ1) is 38.9. The van der Waals surface area contributed by atoms with Gasteiger partial charge in [-0.3, -0.25) is 0 Å². The van der Waals surface area contributed by atoms with E-state index >= 15 is 0 Å². The van der Waals surface area contributed by atoms with Crippen LogP contribution in [0.5, 0.6) is 0 Å². The monoisotopic (exact) mass is 794 g/mol. The summed E-state index contributed by atoms with van der Waals surface area (Å²) in [5.41, 5.74) is 22.7. The molecule has 0 bridgehead atoms. The molecule has 10 rings (SSSR count). The van der Waals surface area contributed by atoms with Gasteiger partial charge in [0.25, 0.3) is 6.71 Å². The van der Waals surface area contributed by atoms with Crippen LogP contribution < -0.4 is 25.5 Å². The topological polar surface area (TPSA) is 6.48 Å². The molecule has 4 aliphatic rings. The Balaban J connectivity index is 1.35. The minimum atomic E-state index is 0.0727. The third-order valence-corrected chi connectivity index (χ3v) is 16.5. The van der Waals surface area contributed by atoms with E-state index in [1.807, 2.05) is 0 Å². The van der Waals surface area contributed by atoms with E-state index in [9.17, 15) is 0 Å². The van der Waals surface area contributed by atoms with E-state index in [1.165, 1.54) is 130 Å². The van der Waals surface area contributed by atoms with E-state index in [0.29, 0.717) is 0 Å². The predicted molar refractivity (Wildman–Crippen MR) is 259 cm³/mol. The van der Waals surface area contributed by atoms with Gasteiger partial charge in [0.2, 0.25) is 0 Å². The Morgan fingerprint density at radius 3 is 1.66 bits per heavy atom. The van der Waals surface area contributed by atoms with Crippen molar-refractivity contribution < 1.29 is 0 Å². The summed E-state index contributed by atoms with van der Waals surface area (Å²) in [6, 6.07) is 32.2. The Morgan fingerprint density at radius 1 is 0.542 bits per heavy atom. The fourth-order valence-electron chi connectivity index (χ4n) is 11.4. The van der Waals surface area contributed by atoms with Crippen molar-refractivity contribution >= 4 is 78.0 Å². The lowest BCUT2D eigenvalue weighted by molar-refractivity contribution is 0.332. The highest BCUT2D eigenvalue weighted by Gasteiger charge is 2.48. The Bertz CT molecular complexity index is 2750. The van der Waals surface area contributed by atoms with E-state index in [0.717, 1.165) is 0 Å². The maximum absolute atomic E-state index is 2.69. The van der Waals surface area contributed by atoms with Crippen LogP contribution in [0.1, 0.15) is 146 Å². The van der Waals surface area contributed by atoms with Crippen LogP contribution in [0.15, 0.2) is 78.9 Å². The molecular formula is C55H63BN2S. The van der Waals surface area contributed by atoms with Crippen molar-refractivity contribution in [1.82, 2.24) is 0 Å². The first-order valence-corrected chi connectivity index (χ1v) is 23.1. The Morgan fingerprint density at radius 2 is 1.08 bits per heavy atom. The second-order valence-corrected chi connectivity index (χ2v) is 23.7. The molecule has 5 aromatic carbocycles. The van der Waals surface area contributed by atoms with Crippen molar-refractivity contribution in [2.45, 2.75) is 150 Å². The second-order valence-electron chi connectivity index (χ2n) is 22.6. The molecule has 6 aromatic rings. The summed E-state index contributed by atoms with van der Waals surface area (Å²) in [5, 5.41) is 1.40. The minimum Gasteiger partial charge on any atom is -0.311 e. The standard InChI is InChI=1S/C55H63BN2S/c1-32-15-20-43(34(3)25-32)58-44-30-40-39(53(9,10)22-23-54(40,11)12)29-42(44)56-48-45(26-33(2)27-46(48)58)57(36-18-16-35(17-19-36)51(4,5)6)49-37-28-38-41(31-47(37)59-50(49)56)55(13,14)24-21-52(38,7)8/h15-20,25-31H,21-24H2,1-14H3. The van der Waals surface area contributed by atoms with Gasteiger partial charge in [0.1, 0.15) is 0 Å². The number of benzene rings is 5. The molecule has 0 N–H and O–H groups in total. The molecule has 4 heteroatoms. The van der Waals surface area contributed by atoms with Gasteiger partial charge in [-0.25, -0.2) is 0 Å². The molecule has 0 fully saturated rings. The smallest absolute Gasteiger partial charge is 0.264 e. The molecule has 0 atom stereocenters. The number of aryl methyl sites for hydroxylation is 3. The van der Waals surface area contributed by atoms with Crippen LogP contribution in [0, 0.1) is 20.8 Å². The maximum Gasteiger partial charge on any atom is 0.264 e. The molecule has 1 aromatic heterocycles. The van der Waals surface area contributed by atoms with E-state index in [-0.39, 0.29) is 33.8 Å². The molecule has 2 aliphatic heterocycles. The van der Waals surface area contributed by atoms with Crippen LogP contribution in [0.4, 0.5) is 34.1 Å². The summed E-state index contributed by atoms with van der Waals surface area (Å²) in [6.45, 7) is 33.7. The molecule has 302 valence electrons. The van der Waals surface area contributed by atoms with Crippen LogP contribution in [-0.2, 0) is 27.1 Å². The molecule has 0 saturated heterocycles.